The number of rotatable bonds is 6. The van der Waals surface area contributed by atoms with Gasteiger partial charge in [0, 0.05) is 19.7 Å². The van der Waals surface area contributed by atoms with Crippen LogP contribution in [0, 0.1) is 11.8 Å². The number of hydrogen-bond donors (Lipinski definition) is 2. The average molecular weight is 236 g/mol. The molecule has 17 heavy (non-hydrogen) atoms. The van der Waals surface area contributed by atoms with Crippen molar-refractivity contribution < 1.29 is 4.74 Å². The van der Waals surface area contributed by atoms with E-state index < -0.39 is 0 Å². The van der Waals surface area contributed by atoms with E-state index in [1.54, 1.807) is 13.2 Å². The van der Waals surface area contributed by atoms with Crippen LogP contribution in [0.5, 0.6) is 0 Å². The van der Waals surface area contributed by atoms with Gasteiger partial charge in [-0.1, -0.05) is 6.92 Å². The molecule has 1 saturated carbocycles. The maximum Gasteiger partial charge on any atom is 0.158 e. The summed E-state index contributed by atoms with van der Waals surface area (Å²) in [7, 11) is 1.62. The molecular formula is C12H20N4O. The molecule has 1 fully saturated rings. The predicted molar refractivity (Wildman–Crippen MR) is 67.5 cm³/mol. The molecule has 1 aromatic rings. The summed E-state index contributed by atoms with van der Waals surface area (Å²) < 4.78 is 5.00. The molecule has 94 valence electrons. The Labute approximate surface area is 102 Å². The van der Waals surface area contributed by atoms with Gasteiger partial charge < -0.3 is 15.8 Å². The van der Waals surface area contributed by atoms with Crippen LogP contribution in [-0.4, -0.2) is 23.6 Å². The molecule has 5 nitrogen and oxygen atoms in total. The zero-order valence-electron chi connectivity index (χ0n) is 10.4. The first-order chi connectivity index (χ1) is 8.19. The lowest BCUT2D eigenvalue weighted by atomic mass is 10.1. The van der Waals surface area contributed by atoms with Gasteiger partial charge in [0.2, 0.25) is 0 Å². The zero-order valence-corrected chi connectivity index (χ0v) is 10.4. The molecule has 0 radical (unpaired) electrons. The molecule has 1 aromatic heterocycles. The molecule has 1 unspecified atom stereocenters. The molecule has 0 saturated heterocycles. The Bertz CT molecular complexity index is 379. The molecular weight excluding hydrogens is 216 g/mol. The maximum atomic E-state index is 5.72. The third-order valence-corrected chi connectivity index (χ3v) is 3.10. The quantitative estimate of drug-likeness (QED) is 0.786. The molecule has 1 atom stereocenters. The predicted octanol–water partition coefficient (Wildman–Crippen LogP) is 1.66. The molecule has 1 aliphatic rings. The summed E-state index contributed by atoms with van der Waals surface area (Å²) in [6.07, 6.45) is 2.73. The number of nitrogens with one attached hydrogen (secondary N) is 1. The number of nitrogens with zero attached hydrogens (tertiary/aromatic N) is 2. The molecule has 2 rings (SSSR count). The van der Waals surface area contributed by atoms with Crippen molar-refractivity contribution in [3.05, 3.63) is 11.9 Å². The van der Waals surface area contributed by atoms with Gasteiger partial charge in [-0.3, -0.25) is 0 Å². The van der Waals surface area contributed by atoms with E-state index in [2.05, 4.69) is 22.2 Å². The molecule has 5 heteroatoms. The number of methoxy groups -OCH3 is 1. The van der Waals surface area contributed by atoms with Crippen LogP contribution in [0.2, 0.25) is 0 Å². The molecule has 0 amide bonds. The number of anilines is 2. The van der Waals surface area contributed by atoms with Gasteiger partial charge in [-0.05, 0) is 24.7 Å². The van der Waals surface area contributed by atoms with E-state index in [1.807, 2.05) is 0 Å². The van der Waals surface area contributed by atoms with E-state index in [4.69, 9.17) is 10.5 Å². The number of hydrogen-bond acceptors (Lipinski definition) is 5. The van der Waals surface area contributed by atoms with Crippen molar-refractivity contribution >= 4 is 11.6 Å². The van der Waals surface area contributed by atoms with Gasteiger partial charge in [0.1, 0.15) is 18.2 Å². The second kappa shape index (κ2) is 5.31. The van der Waals surface area contributed by atoms with Crippen LogP contribution in [0.1, 0.15) is 25.6 Å². The average Bonchev–Trinajstić information content (AvgIpc) is 3.09. The first-order valence-corrected chi connectivity index (χ1v) is 6.05. The second-order valence-electron chi connectivity index (χ2n) is 4.72. The molecule has 0 aliphatic heterocycles. The van der Waals surface area contributed by atoms with Crippen molar-refractivity contribution in [1.29, 1.82) is 0 Å². The normalized spacial score (nSPS) is 16.8. The van der Waals surface area contributed by atoms with E-state index >= 15 is 0 Å². The summed E-state index contributed by atoms with van der Waals surface area (Å²) >= 11 is 0. The van der Waals surface area contributed by atoms with Crippen LogP contribution in [-0.2, 0) is 11.3 Å². The first kappa shape index (κ1) is 12.1. The largest absolute Gasteiger partial charge is 0.384 e. The number of nitrogen functional groups attached to an aromatic ring is 1. The molecule has 1 heterocycles. The third kappa shape index (κ3) is 3.56. The lowest BCUT2D eigenvalue weighted by Crippen LogP contribution is -2.15. The van der Waals surface area contributed by atoms with E-state index in [-0.39, 0.29) is 0 Å². The minimum Gasteiger partial charge on any atom is -0.384 e. The first-order valence-electron chi connectivity index (χ1n) is 6.05. The maximum absolute atomic E-state index is 5.72. The van der Waals surface area contributed by atoms with Crippen LogP contribution < -0.4 is 11.1 Å². The van der Waals surface area contributed by atoms with Crippen LogP contribution in [0.25, 0.3) is 0 Å². The molecule has 0 bridgehead atoms. The Morgan fingerprint density at radius 3 is 2.94 bits per heavy atom. The minimum atomic E-state index is 0.387. The summed E-state index contributed by atoms with van der Waals surface area (Å²) in [6.45, 7) is 3.59. The fourth-order valence-corrected chi connectivity index (χ4v) is 1.90. The summed E-state index contributed by atoms with van der Waals surface area (Å²) in [6, 6.07) is 1.76. The van der Waals surface area contributed by atoms with Crippen molar-refractivity contribution in [2.24, 2.45) is 11.8 Å². The van der Waals surface area contributed by atoms with Gasteiger partial charge in [-0.2, -0.15) is 0 Å². The Balaban J connectivity index is 1.94. The van der Waals surface area contributed by atoms with Crippen molar-refractivity contribution in [2.45, 2.75) is 26.4 Å². The lowest BCUT2D eigenvalue weighted by Gasteiger charge is -2.12. The summed E-state index contributed by atoms with van der Waals surface area (Å²) in [5, 5.41) is 3.32. The van der Waals surface area contributed by atoms with Crippen molar-refractivity contribution in [3.63, 3.8) is 0 Å². The molecule has 1 aliphatic carbocycles. The van der Waals surface area contributed by atoms with Crippen molar-refractivity contribution in [3.8, 4) is 0 Å². The van der Waals surface area contributed by atoms with Crippen LogP contribution in [0.15, 0.2) is 6.07 Å². The van der Waals surface area contributed by atoms with E-state index in [1.165, 1.54) is 12.8 Å². The summed E-state index contributed by atoms with van der Waals surface area (Å²) in [5.74, 6) is 3.47. The molecule has 0 spiro atoms. The van der Waals surface area contributed by atoms with Gasteiger partial charge in [0.15, 0.2) is 5.82 Å². The van der Waals surface area contributed by atoms with Crippen molar-refractivity contribution in [2.75, 3.05) is 24.7 Å². The highest BCUT2D eigenvalue weighted by molar-refractivity contribution is 5.44. The number of ether oxygens (including phenoxy) is 1. The smallest absolute Gasteiger partial charge is 0.158 e. The van der Waals surface area contributed by atoms with Gasteiger partial charge >= 0.3 is 0 Å². The van der Waals surface area contributed by atoms with Crippen LogP contribution in [0.4, 0.5) is 11.6 Å². The Hall–Kier alpha value is -1.36. The number of aromatic nitrogens is 2. The van der Waals surface area contributed by atoms with Crippen molar-refractivity contribution in [1.82, 2.24) is 9.97 Å². The van der Waals surface area contributed by atoms with E-state index in [0.717, 1.165) is 18.3 Å². The third-order valence-electron chi connectivity index (χ3n) is 3.10. The Morgan fingerprint density at radius 1 is 1.53 bits per heavy atom. The summed E-state index contributed by atoms with van der Waals surface area (Å²) in [5.41, 5.74) is 5.72. The molecule has 0 aromatic carbocycles. The standard InChI is InChI=1S/C12H20N4O/c1-8(9-3-4-9)6-14-11-5-10(13)15-12(16-11)7-17-2/h5,8-9H,3-4,6-7H2,1-2H3,(H3,13,14,15,16). The van der Waals surface area contributed by atoms with Gasteiger partial charge in [0.25, 0.3) is 0 Å². The number of nitrogens with two attached hydrogens (primary N) is 1. The fourth-order valence-electron chi connectivity index (χ4n) is 1.90. The van der Waals surface area contributed by atoms with Crippen LogP contribution >= 0.6 is 0 Å². The Kier molecular flexibility index (Phi) is 3.78. The monoisotopic (exact) mass is 236 g/mol. The van der Waals surface area contributed by atoms with Gasteiger partial charge in [-0.15, -0.1) is 0 Å². The lowest BCUT2D eigenvalue weighted by molar-refractivity contribution is 0.178. The van der Waals surface area contributed by atoms with Gasteiger partial charge in [-0.25, -0.2) is 9.97 Å². The van der Waals surface area contributed by atoms with E-state index in [0.29, 0.717) is 24.2 Å². The van der Waals surface area contributed by atoms with E-state index in [9.17, 15) is 0 Å². The van der Waals surface area contributed by atoms with Gasteiger partial charge in [0.05, 0.1) is 0 Å². The highest BCUT2D eigenvalue weighted by Gasteiger charge is 2.27. The minimum absolute atomic E-state index is 0.387. The zero-order chi connectivity index (χ0) is 12.3. The van der Waals surface area contributed by atoms with Crippen LogP contribution in [0.3, 0.4) is 0 Å². The second-order valence-corrected chi connectivity index (χ2v) is 4.72. The Morgan fingerprint density at radius 2 is 2.29 bits per heavy atom. The topological polar surface area (TPSA) is 73.1 Å². The molecule has 3 N–H and O–H groups in total. The SMILES string of the molecule is COCc1nc(N)cc(NCC(C)C2CC2)n1. The fraction of sp³-hybridized carbons (Fsp3) is 0.667. The highest BCUT2D eigenvalue weighted by atomic mass is 16.5. The highest BCUT2D eigenvalue weighted by Crippen LogP contribution is 2.36. The summed E-state index contributed by atoms with van der Waals surface area (Å²) in [4.78, 5) is 8.45.